The number of carbonyl (C=O) groups excluding carboxylic acids is 2. The van der Waals surface area contributed by atoms with Gasteiger partial charge in [0.05, 0.1) is 5.57 Å². The molecule has 4 nitrogen and oxygen atoms in total. The quantitative estimate of drug-likeness (QED) is 0.264. The molecular formula is C17H23NO3S. The van der Waals surface area contributed by atoms with Crippen molar-refractivity contribution in [2.75, 3.05) is 6.61 Å². The minimum atomic E-state index is -0.560. The maximum atomic E-state index is 12.4. The van der Waals surface area contributed by atoms with Gasteiger partial charge in [-0.05, 0) is 25.3 Å². The molecule has 0 saturated carbocycles. The van der Waals surface area contributed by atoms with E-state index in [9.17, 15) is 9.59 Å². The molecule has 0 aromatic carbocycles. The van der Waals surface area contributed by atoms with Gasteiger partial charge in [0.15, 0.2) is 0 Å². The van der Waals surface area contributed by atoms with E-state index in [0.717, 1.165) is 0 Å². The summed E-state index contributed by atoms with van der Waals surface area (Å²) in [7, 11) is 0. The lowest BCUT2D eigenvalue weighted by Crippen LogP contribution is -2.58. The molecule has 0 spiro atoms. The summed E-state index contributed by atoms with van der Waals surface area (Å²) in [6.07, 6.45) is 3.44. The monoisotopic (exact) mass is 321 g/mol. The largest absolute Gasteiger partial charge is 0.460 e. The maximum Gasteiger partial charge on any atom is 0.330 e. The lowest BCUT2D eigenvalue weighted by Gasteiger charge is -2.38. The fraction of sp³-hybridized carbons (Fsp3) is 0.588. The van der Waals surface area contributed by atoms with Crippen molar-refractivity contribution in [1.82, 2.24) is 4.90 Å². The third-order valence-corrected chi connectivity index (χ3v) is 5.06. The van der Waals surface area contributed by atoms with E-state index in [4.69, 9.17) is 4.74 Å². The number of fused-ring (bicyclic) bond motifs is 1. The standard InChI is InChI=1S/C17H23NO3S/c1-7-10-21-15(20)12-17(5,6)22-14-11(13(19)18(12)14)8-9-16(2,3)4/h7,9,12,14H,1,10H2,2-6H3/t8?,12-,14+/m0/s1. The molecule has 120 valence electrons. The Bertz CT molecular complexity index is 579. The van der Waals surface area contributed by atoms with E-state index in [2.05, 4.69) is 33.1 Å². The summed E-state index contributed by atoms with van der Waals surface area (Å²) in [6, 6.07) is -0.560. The van der Waals surface area contributed by atoms with Gasteiger partial charge in [-0.3, -0.25) is 4.79 Å². The summed E-state index contributed by atoms with van der Waals surface area (Å²) >= 11 is 1.61. The SMILES string of the molecule is C=CCOC(=O)[C@@H]1N2C(=O)C(=C=CC(C)(C)C)[C@H]2SC1(C)C. The summed E-state index contributed by atoms with van der Waals surface area (Å²) in [6.45, 7) is 13.8. The van der Waals surface area contributed by atoms with Crippen LogP contribution in [0.2, 0.25) is 0 Å². The van der Waals surface area contributed by atoms with Gasteiger partial charge in [0.25, 0.3) is 5.91 Å². The van der Waals surface area contributed by atoms with Crippen LogP contribution >= 0.6 is 11.8 Å². The molecule has 2 aliphatic heterocycles. The first kappa shape index (κ1) is 16.9. The normalized spacial score (nSPS) is 26.0. The average Bonchev–Trinajstić information content (AvgIpc) is 2.63. The van der Waals surface area contributed by atoms with Crippen LogP contribution in [0, 0.1) is 5.41 Å². The van der Waals surface area contributed by atoms with Crippen molar-refractivity contribution >= 4 is 23.6 Å². The number of esters is 1. The van der Waals surface area contributed by atoms with Crippen molar-refractivity contribution in [2.24, 2.45) is 5.41 Å². The lowest BCUT2D eigenvalue weighted by atomic mass is 9.93. The summed E-state index contributed by atoms with van der Waals surface area (Å²) in [5.41, 5.74) is 3.74. The minimum Gasteiger partial charge on any atom is -0.460 e. The lowest BCUT2D eigenvalue weighted by molar-refractivity contribution is -0.156. The van der Waals surface area contributed by atoms with E-state index < -0.39 is 6.04 Å². The molecule has 2 rings (SSSR count). The number of β-lactam (4-membered cyclic amide) rings is 1. The molecular weight excluding hydrogens is 298 g/mol. The molecule has 0 aromatic rings. The van der Waals surface area contributed by atoms with Gasteiger partial charge in [0, 0.05) is 4.75 Å². The second kappa shape index (κ2) is 5.64. The van der Waals surface area contributed by atoms with Crippen LogP contribution in [0.4, 0.5) is 0 Å². The van der Waals surface area contributed by atoms with E-state index in [1.165, 1.54) is 6.08 Å². The van der Waals surface area contributed by atoms with Crippen LogP contribution in [0.25, 0.3) is 0 Å². The van der Waals surface area contributed by atoms with Gasteiger partial charge in [-0.15, -0.1) is 17.5 Å². The van der Waals surface area contributed by atoms with Crippen LogP contribution in [-0.2, 0) is 14.3 Å². The van der Waals surface area contributed by atoms with Crippen molar-refractivity contribution < 1.29 is 14.3 Å². The third kappa shape index (κ3) is 3.01. The fourth-order valence-electron chi connectivity index (χ4n) is 2.52. The molecule has 2 aliphatic rings. The number of amides is 1. The zero-order valence-electron chi connectivity index (χ0n) is 13.8. The molecule has 5 heteroatoms. The van der Waals surface area contributed by atoms with Crippen LogP contribution in [0.15, 0.2) is 30.0 Å². The molecule has 2 fully saturated rings. The zero-order valence-corrected chi connectivity index (χ0v) is 14.6. The van der Waals surface area contributed by atoms with E-state index in [1.807, 2.05) is 19.9 Å². The Morgan fingerprint density at radius 1 is 1.50 bits per heavy atom. The highest BCUT2D eigenvalue weighted by molar-refractivity contribution is 8.01. The fourth-order valence-corrected chi connectivity index (χ4v) is 4.06. The first-order valence-electron chi connectivity index (χ1n) is 7.34. The molecule has 0 unspecified atom stereocenters. The van der Waals surface area contributed by atoms with Gasteiger partial charge in [-0.25, -0.2) is 4.79 Å². The molecule has 2 atom stereocenters. The Balaban J connectivity index is 2.26. The number of rotatable bonds is 3. The molecule has 1 amide bonds. The highest BCUT2D eigenvalue weighted by atomic mass is 32.2. The van der Waals surface area contributed by atoms with Crippen LogP contribution in [-0.4, -0.2) is 39.5 Å². The maximum absolute atomic E-state index is 12.4. The number of hydrogen-bond acceptors (Lipinski definition) is 4. The third-order valence-electron chi connectivity index (χ3n) is 3.54. The van der Waals surface area contributed by atoms with Gasteiger partial charge >= 0.3 is 5.97 Å². The van der Waals surface area contributed by atoms with Gasteiger partial charge in [0.1, 0.15) is 18.0 Å². The van der Waals surface area contributed by atoms with E-state index in [-0.39, 0.29) is 34.0 Å². The van der Waals surface area contributed by atoms with Gasteiger partial charge in [0.2, 0.25) is 0 Å². The Hall–Kier alpha value is -1.45. The first-order chi connectivity index (χ1) is 10.1. The summed E-state index contributed by atoms with van der Waals surface area (Å²) < 4.78 is 4.77. The van der Waals surface area contributed by atoms with Crippen molar-refractivity contribution in [3.05, 3.63) is 30.0 Å². The highest BCUT2D eigenvalue weighted by Gasteiger charge is 2.61. The smallest absolute Gasteiger partial charge is 0.330 e. The van der Waals surface area contributed by atoms with Crippen molar-refractivity contribution in [1.29, 1.82) is 0 Å². The number of carbonyl (C=O) groups is 2. The summed E-state index contributed by atoms with van der Waals surface area (Å²) in [4.78, 5) is 26.3. The second-order valence-corrected chi connectivity index (χ2v) is 8.91. The molecule has 0 aromatic heterocycles. The molecule has 0 radical (unpaired) electrons. The van der Waals surface area contributed by atoms with Gasteiger partial charge < -0.3 is 9.64 Å². The number of nitrogens with zero attached hydrogens (tertiary/aromatic N) is 1. The predicted molar refractivity (Wildman–Crippen MR) is 88.3 cm³/mol. The van der Waals surface area contributed by atoms with Gasteiger partial charge in [-0.2, -0.15) is 0 Å². The Morgan fingerprint density at radius 2 is 2.14 bits per heavy atom. The first-order valence-corrected chi connectivity index (χ1v) is 8.22. The minimum absolute atomic E-state index is 0.0330. The summed E-state index contributed by atoms with van der Waals surface area (Å²) in [5, 5.41) is -0.109. The van der Waals surface area contributed by atoms with Crippen LogP contribution in [0.5, 0.6) is 0 Å². The highest BCUT2D eigenvalue weighted by Crippen LogP contribution is 2.53. The Kier molecular flexibility index (Phi) is 4.33. The van der Waals surface area contributed by atoms with E-state index in [0.29, 0.717) is 5.57 Å². The van der Waals surface area contributed by atoms with Crippen molar-refractivity contribution in [3.63, 3.8) is 0 Å². The zero-order chi connectivity index (χ0) is 16.7. The topological polar surface area (TPSA) is 46.6 Å². The molecule has 2 saturated heterocycles. The summed E-state index contributed by atoms with van der Waals surface area (Å²) in [5.74, 6) is -0.490. The van der Waals surface area contributed by atoms with E-state index in [1.54, 1.807) is 16.7 Å². The van der Waals surface area contributed by atoms with Crippen LogP contribution in [0.1, 0.15) is 34.6 Å². The average molecular weight is 321 g/mol. The number of thioether (sulfide) groups is 1. The number of ether oxygens (including phenoxy) is 1. The predicted octanol–water partition coefficient (Wildman–Crippen LogP) is 2.91. The molecule has 2 heterocycles. The van der Waals surface area contributed by atoms with Crippen molar-refractivity contribution in [3.8, 4) is 0 Å². The number of hydrogen-bond donors (Lipinski definition) is 0. The Labute approximate surface area is 136 Å². The van der Waals surface area contributed by atoms with Gasteiger partial charge in [-0.1, -0.05) is 33.4 Å². The molecule has 22 heavy (non-hydrogen) atoms. The van der Waals surface area contributed by atoms with Crippen LogP contribution in [0.3, 0.4) is 0 Å². The van der Waals surface area contributed by atoms with E-state index >= 15 is 0 Å². The van der Waals surface area contributed by atoms with Crippen molar-refractivity contribution in [2.45, 2.75) is 50.8 Å². The Morgan fingerprint density at radius 3 is 2.68 bits per heavy atom. The molecule has 0 N–H and O–H groups in total. The molecule has 0 bridgehead atoms. The van der Waals surface area contributed by atoms with Crippen LogP contribution < -0.4 is 0 Å². The second-order valence-electron chi connectivity index (χ2n) is 7.18. The molecule has 0 aliphatic carbocycles.